The lowest BCUT2D eigenvalue weighted by molar-refractivity contribution is 0.626. The van der Waals surface area contributed by atoms with Crippen LogP contribution in [0, 0.1) is 5.82 Å². The quantitative estimate of drug-likeness (QED) is 0.709. The van der Waals surface area contributed by atoms with Crippen molar-refractivity contribution in [2.24, 2.45) is 7.05 Å². The summed E-state index contributed by atoms with van der Waals surface area (Å²) in [6.07, 6.45) is 2.56. The summed E-state index contributed by atoms with van der Waals surface area (Å²) in [5.74, 6) is -0.196. The van der Waals surface area contributed by atoms with Crippen molar-refractivity contribution >= 4 is 0 Å². The number of aryl methyl sites for hydroxylation is 1. The van der Waals surface area contributed by atoms with E-state index in [-0.39, 0.29) is 5.82 Å². The molecule has 2 rings (SSSR count). The second-order valence-corrected chi connectivity index (χ2v) is 3.29. The average molecular weight is 190 g/mol. The highest BCUT2D eigenvalue weighted by atomic mass is 19.1. The van der Waals surface area contributed by atoms with Crippen molar-refractivity contribution in [1.29, 1.82) is 0 Å². The van der Waals surface area contributed by atoms with Gasteiger partial charge in [-0.1, -0.05) is 12.1 Å². The van der Waals surface area contributed by atoms with Crippen molar-refractivity contribution < 1.29 is 4.39 Å². The third kappa shape index (κ3) is 1.99. The van der Waals surface area contributed by atoms with Crippen LogP contribution in [0.3, 0.4) is 0 Å². The zero-order valence-electron chi connectivity index (χ0n) is 7.94. The first-order valence-corrected chi connectivity index (χ1v) is 4.47. The second-order valence-electron chi connectivity index (χ2n) is 3.29. The van der Waals surface area contributed by atoms with Crippen molar-refractivity contribution in [2.75, 3.05) is 0 Å². The standard InChI is InChI=1S/C11H11FN2/c1-14-6-5-11(13-14)8-9-3-2-4-10(12)7-9/h2-7H,8H2,1H3. The van der Waals surface area contributed by atoms with E-state index in [4.69, 9.17) is 0 Å². The molecule has 0 atom stereocenters. The minimum absolute atomic E-state index is 0.196. The van der Waals surface area contributed by atoms with Gasteiger partial charge in [-0.05, 0) is 23.8 Å². The monoisotopic (exact) mass is 190 g/mol. The molecule has 0 bridgehead atoms. The number of rotatable bonds is 2. The fourth-order valence-corrected chi connectivity index (χ4v) is 1.41. The molecule has 72 valence electrons. The van der Waals surface area contributed by atoms with Crippen molar-refractivity contribution in [3.8, 4) is 0 Å². The number of benzene rings is 1. The highest BCUT2D eigenvalue weighted by molar-refractivity contribution is 5.21. The van der Waals surface area contributed by atoms with E-state index in [0.29, 0.717) is 6.42 Å². The topological polar surface area (TPSA) is 17.8 Å². The summed E-state index contributed by atoms with van der Waals surface area (Å²) < 4.78 is 14.6. The molecular formula is C11H11FN2. The van der Waals surface area contributed by atoms with Gasteiger partial charge in [-0.15, -0.1) is 0 Å². The van der Waals surface area contributed by atoms with Gasteiger partial charge in [0.2, 0.25) is 0 Å². The maximum atomic E-state index is 12.8. The Morgan fingerprint density at radius 1 is 1.36 bits per heavy atom. The van der Waals surface area contributed by atoms with Crippen LogP contribution in [0.5, 0.6) is 0 Å². The Labute approximate surface area is 82.0 Å². The van der Waals surface area contributed by atoms with Crippen LogP contribution < -0.4 is 0 Å². The molecule has 1 heterocycles. The van der Waals surface area contributed by atoms with E-state index >= 15 is 0 Å². The lowest BCUT2D eigenvalue weighted by atomic mass is 10.1. The van der Waals surface area contributed by atoms with Gasteiger partial charge in [0.1, 0.15) is 5.82 Å². The van der Waals surface area contributed by atoms with E-state index in [2.05, 4.69) is 5.10 Å². The zero-order chi connectivity index (χ0) is 9.97. The van der Waals surface area contributed by atoms with Crippen molar-refractivity contribution in [1.82, 2.24) is 9.78 Å². The molecule has 0 saturated carbocycles. The second kappa shape index (κ2) is 3.62. The van der Waals surface area contributed by atoms with Gasteiger partial charge in [0.15, 0.2) is 0 Å². The van der Waals surface area contributed by atoms with E-state index < -0.39 is 0 Å². The maximum absolute atomic E-state index is 12.8. The van der Waals surface area contributed by atoms with E-state index in [1.54, 1.807) is 10.7 Å². The third-order valence-electron chi connectivity index (χ3n) is 2.04. The third-order valence-corrected chi connectivity index (χ3v) is 2.04. The largest absolute Gasteiger partial charge is 0.276 e. The number of hydrogen-bond acceptors (Lipinski definition) is 1. The Bertz CT molecular complexity index is 434. The summed E-state index contributed by atoms with van der Waals surface area (Å²) in [7, 11) is 1.87. The van der Waals surface area contributed by atoms with Crippen molar-refractivity contribution in [3.63, 3.8) is 0 Å². The predicted octanol–water partition coefficient (Wildman–Crippen LogP) is 2.15. The Morgan fingerprint density at radius 3 is 2.86 bits per heavy atom. The van der Waals surface area contributed by atoms with Gasteiger partial charge >= 0.3 is 0 Å². The minimum Gasteiger partial charge on any atom is -0.276 e. The molecule has 0 radical (unpaired) electrons. The minimum atomic E-state index is -0.196. The predicted molar refractivity (Wildman–Crippen MR) is 52.4 cm³/mol. The van der Waals surface area contributed by atoms with Crippen molar-refractivity contribution in [3.05, 3.63) is 53.6 Å². The van der Waals surface area contributed by atoms with Gasteiger partial charge in [-0.25, -0.2) is 4.39 Å². The van der Waals surface area contributed by atoms with Gasteiger partial charge in [0.05, 0.1) is 5.69 Å². The van der Waals surface area contributed by atoms with Crippen LogP contribution in [0.2, 0.25) is 0 Å². The fourth-order valence-electron chi connectivity index (χ4n) is 1.41. The summed E-state index contributed by atoms with van der Waals surface area (Å²) in [6.45, 7) is 0. The van der Waals surface area contributed by atoms with Gasteiger partial charge in [-0.3, -0.25) is 4.68 Å². The molecule has 0 aliphatic heterocycles. The van der Waals surface area contributed by atoms with Gasteiger partial charge in [-0.2, -0.15) is 5.10 Å². The lowest BCUT2D eigenvalue weighted by Gasteiger charge is -1.97. The van der Waals surface area contributed by atoms with Crippen LogP contribution in [-0.4, -0.2) is 9.78 Å². The Morgan fingerprint density at radius 2 is 2.21 bits per heavy atom. The van der Waals surface area contributed by atoms with Gasteiger partial charge in [0, 0.05) is 19.7 Å². The van der Waals surface area contributed by atoms with E-state index in [9.17, 15) is 4.39 Å². The number of hydrogen-bond donors (Lipinski definition) is 0. The van der Waals surface area contributed by atoms with Gasteiger partial charge in [0.25, 0.3) is 0 Å². The van der Waals surface area contributed by atoms with Crippen LogP contribution >= 0.6 is 0 Å². The SMILES string of the molecule is Cn1ccc(Cc2cccc(F)c2)n1. The normalized spacial score (nSPS) is 10.4. The van der Waals surface area contributed by atoms with Crippen LogP contribution in [0.15, 0.2) is 36.5 Å². The summed E-state index contributed by atoms with van der Waals surface area (Å²) in [5, 5.41) is 4.23. The number of nitrogens with zero attached hydrogens (tertiary/aromatic N) is 2. The molecule has 2 aromatic rings. The molecule has 0 aliphatic rings. The molecule has 0 N–H and O–H groups in total. The summed E-state index contributed by atoms with van der Waals surface area (Å²) >= 11 is 0. The first-order valence-electron chi connectivity index (χ1n) is 4.47. The van der Waals surface area contributed by atoms with Crippen LogP contribution in [0.1, 0.15) is 11.3 Å². The molecular weight excluding hydrogens is 179 g/mol. The molecule has 1 aromatic heterocycles. The molecule has 3 heteroatoms. The molecule has 0 spiro atoms. The smallest absolute Gasteiger partial charge is 0.123 e. The lowest BCUT2D eigenvalue weighted by Crippen LogP contribution is -1.93. The number of halogens is 1. The van der Waals surface area contributed by atoms with Crippen LogP contribution in [-0.2, 0) is 13.5 Å². The van der Waals surface area contributed by atoms with Crippen LogP contribution in [0.25, 0.3) is 0 Å². The van der Waals surface area contributed by atoms with Crippen molar-refractivity contribution in [2.45, 2.75) is 6.42 Å². The first-order chi connectivity index (χ1) is 6.74. The van der Waals surface area contributed by atoms with E-state index in [1.165, 1.54) is 12.1 Å². The molecule has 14 heavy (non-hydrogen) atoms. The highest BCUT2D eigenvalue weighted by Gasteiger charge is 1.99. The van der Waals surface area contributed by atoms with E-state index in [0.717, 1.165) is 11.3 Å². The highest BCUT2D eigenvalue weighted by Crippen LogP contribution is 2.08. The fraction of sp³-hybridized carbons (Fsp3) is 0.182. The molecule has 1 aromatic carbocycles. The Hall–Kier alpha value is -1.64. The molecule has 0 saturated heterocycles. The van der Waals surface area contributed by atoms with E-state index in [1.807, 2.05) is 25.4 Å². The maximum Gasteiger partial charge on any atom is 0.123 e. The zero-order valence-corrected chi connectivity index (χ0v) is 7.94. The average Bonchev–Trinajstić information content (AvgIpc) is 2.51. The van der Waals surface area contributed by atoms with Gasteiger partial charge < -0.3 is 0 Å². The molecule has 0 amide bonds. The number of aromatic nitrogens is 2. The van der Waals surface area contributed by atoms with Crippen LogP contribution in [0.4, 0.5) is 4.39 Å². The summed E-state index contributed by atoms with van der Waals surface area (Å²) in [5.41, 5.74) is 1.90. The first kappa shape index (κ1) is 8.94. The summed E-state index contributed by atoms with van der Waals surface area (Å²) in [4.78, 5) is 0. The molecule has 2 nitrogen and oxygen atoms in total. The molecule has 0 aliphatic carbocycles. The Kier molecular flexibility index (Phi) is 2.31. The summed E-state index contributed by atoms with van der Waals surface area (Å²) in [6, 6.07) is 8.53. The molecule has 0 fully saturated rings. The Balaban J connectivity index is 2.18. The molecule has 0 unspecified atom stereocenters.